The van der Waals surface area contributed by atoms with E-state index in [9.17, 15) is 4.79 Å². The molecule has 0 amide bonds. The van der Waals surface area contributed by atoms with Crippen LogP contribution in [-0.4, -0.2) is 4.98 Å². The highest BCUT2D eigenvalue weighted by Gasteiger charge is 2.05. The van der Waals surface area contributed by atoms with Crippen LogP contribution >= 0.6 is 0 Å². The van der Waals surface area contributed by atoms with Crippen molar-refractivity contribution >= 4 is 21.9 Å². The van der Waals surface area contributed by atoms with Crippen molar-refractivity contribution in [2.45, 2.75) is 0 Å². The summed E-state index contributed by atoms with van der Waals surface area (Å²) in [6.07, 6.45) is 0. The molecule has 4 rings (SSSR count). The van der Waals surface area contributed by atoms with Crippen LogP contribution in [0.4, 0.5) is 0 Å². The van der Waals surface area contributed by atoms with Crippen molar-refractivity contribution in [1.82, 2.24) is 4.98 Å². The van der Waals surface area contributed by atoms with Gasteiger partial charge in [-0.05, 0) is 42.0 Å². The normalized spacial score (nSPS) is 11.2. The molecule has 0 aliphatic heterocycles. The summed E-state index contributed by atoms with van der Waals surface area (Å²) in [5.74, 6) is 0. The summed E-state index contributed by atoms with van der Waals surface area (Å²) >= 11 is 0. The van der Waals surface area contributed by atoms with Gasteiger partial charge < -0.3 is 9.40 Å². The van der Waals surface area contributed by atoms with E-state index in [0.717, 1.165) is 22.2 Å². The summed E-state index contributed by atoms with van der Waals surface area (Å²) in [7, 11) is 0. The van der Waals surface area contributed by atoms with Gasteiger partial charge in [-0.2, -0.15) is 0 Å². The largest absolute Gasteiger partial charge is 0.423 e. The first-order chi connectivity index (χ1) is 9.79. The van der Waals surface area contributed by atoms with Gasteiger partial charge in [0.05, 0.1) is 0 Å². The Bertz CT molecular complexity index is 946. The first kappa shape index (κ1) is 11.1. The van der Waals surface area contributed by atoms with Crippen molar-refractivity contribution < 1.29 is 4.42 Å². The molecule has 0 spiro atoms. The molecule has 0 saturated carbocycles. The Morgan fingerprint density at radius 1 is 0.850 bits per heavy atom. The molecule has 3 heteroatoms. The summed E-state index contributed by atoms with van der Waals surface area (Å²) in [5, 5.41) is 2.10. The molecule has 0 saturated heterocycles. The number of H-pyrrole nitrogens is 1. The van der Waals surface area contributed by atoms with E-state index < -0.39 is 0 Å². The fraction of sp³-hybridized carbons (Fsp3) is 0. The molecule has 0 unspecified atom stereocenters. The molecule has 2 aromatic heterocycles. The van der Waals surface area contributed by atoms with Crippen LogP contribution in [0.15, 0.2) is 69.9 Å². The lowest BCUT2D eigenvalue weighted by atomic mass is 10.1. The minimum atomic E-state index is -0.323. The van der Waals surface area contributed by atoms with Gasteiger partial charge in [0.1, 0.15) is 5.58 Å². The zero-order valence-electron chi connectivity index (χ0n) is 10.6. The highest BCUT2D eigenvalue weighted by atomic mass is 16.4. The van der Waals surface area contributed by atoms with Crippen molar-refractivity contribution in [3.63, 3.8) is 0 Å². The fourth-order valence-electron chi connectivity index (χ4n) is 2.47. The first-order valence-corrected chi connectivity index (χ1v) is 6.42. The molecule has 0 aliphatic rings. The Morgan fingerprint density at radius 3 is 2.65 bits per heavy atom. The summed E-state index contributed by atoms with van der Waals surface area (Å²) in [5.41, 5.74) is 3.53. The Labute approximate surface area is 114 Å². The molecule has 0 fully saturated rings. The lowest BCUT2D eigenvalue weighted by Gasteiger charge is -2.00. The van der Waals surface area contributed by atoms with Crippen LogP contribution in [0.1, 0.15) is 0 Å². The molecule has 0 bridgehead atoms. The Balaban J connectivity index is 1.92. The van der Waals surface area contributed by atoms with Crippen LogP contribution in [0, 0.1) is 0 Å². The van der Waals surface area contributed by atoms with Crippen molar-refractivity contribution in [1.29, 1.82) is 0 Å². The molecule has 96 valence electrons. The standard InChI is InChI=1S/C17H11NO2/c19-17-8-6-13-9-12(5-7-16(13)20-17)15-10-11-3-1-2-4-14(11)18-15/h1-10,18H. The average molecular weight is 261 g/mol. The highest BCUT2D eigenvalue weighted by Crippen LogP contribution is 2.26. The summed E-state index contributed by atoms with van der Waals surface area (Å²) < 4.78 is 5.15. The van der Waals surface area contributed by atoms with E-state index in [1.165, 1.54) is 11.5 Å². The average Bonchev–Trinajstić information content (AvgIpc) is 2.90. The number of hydrogen-bond donors (Lipinski definition) is 1. The number of benzene rings is 2. The van der Waals surface area contributed by atoms with Gasteiger partial charge in [0.15, 0.2) is 0 Å². The van der Waals surface area contributed by atoms with E-state index in [-0.39, 0.29) is 5.63 Å². The van der Waals surface area contributed by atoms with Crippen molar-refractivity contribution in [2.24, 2.45) is 0 Å². The van der Waals surface area contributed by atoms with E-state index in [0.29, 0.717) is 5.58 Å². The van der Waals surface area contributed by atoms with Crippen LogP contribution < -0.4 is 5.63 Å². The van der Waals surface area contributed by atoms with Gasteiger partial charge in [-0.3, -0.25) is 0 Å². The third kappa shape index (κ3) is 1.72. The van der Waals surface area contributed by atoms with Gasteiger partial charge in [0.2, 0.25) is 0 Å². The molecule has 2 heterocycles. The summed E-state index contributed by atoms with van der Waals surface area (Å²) in [6.45, 7) is 0. The minimum Gasteiger partial charge on any atom is -0.423 e. The second-order valence-electron chi connectivity index (χ2n) is 4.78. The lowest BCUT2D eigenvalue weighted by Crippen LogP contribution is -1.94. The number of fused-ring (bicyclic) bond motifs is 2. The van der Waals surface area contributed by atoms with Gasteiger partial charge in [-0.25, -0.2) is 4.79 Å². The van der Waals surface area contributed by atoms with Crippen LogP contribution in [-0.2, 0) is 0 Å². The molecular weight excluding hydrogens is 250 g/mol. The summed E-state index contributed by atoms with van der Waals surface area (Å²) in [4.78, 5) is 14.6. The molecule has 0 atom stereocenters. The van der Waals surface area contributed by atoms with E-state index in [4.69, 9.17) is 4.42 Å². The van der Waals surface area contributed by atoms with Crippen LogP contribution in [0.3, 0.4) is 0 Å². The smallest absolute Gasteiger partial charge is 0.336 e. The van der Waals surface area contributed by atoms with Crippen molar-refractivity contribution in [3.8, 4) is 11.3 Å². The first-order valence-electron chi connectivity index (χ1n) is 6.42. The van der Waals surface area contributed by atoms with E-state index in [2.05, 4.69) is 23.2 Å². The number of nitrogens with one attached hydrogen (secondary N) is 1. The molecule has 0 radical (unpaired) electrons. The maximum atomic E-state index is 11.2. The van der Waals surface area contributed by atoms with Crippen LogP contribution in [0.2, 0.25) is 0 Å². The quantitative estimate of drug-likeness (QED) is 0.527. The molecule has 20 heavy (non-hydrogen) atoms. The Hall–Kier alpha value is -2.81. The topological polar surface area (TPSA) is 46.0 Å². The van der Waals surface area contributed by atoms with E-state index in [1.807, 2.05) is 30.3 Å². The monoisotopic (exact) mass is 261 g/mol. The molecule has 3 nitrogen and oxygen atoms in total. The number of para-hydroxylation sites is 1. The zero-order chi connectivity index (χ0) is 13.5. The number of rotatable bonds is 1. The van der Waals surface area contributed by atoms with Gasteiger partial charge in [0.25, 0.3) is 0 Å². The number of hydrogen-bond acceptors (Lipinski definition) is 2. The van der Waals surface area contributed by atoms with Crippen molar-refractivity contribution in [2.75, 3.05) is 0 Å². The van der Waals surface area contributed by atoms with Crippen LogP contribution in [0.5, 0.6) is 0 Å². The highest BCUT2D eigenvalue weighted by molar-refractivity contribution is 5.88. The molecule has 4 aromatic rings. The maximum Gasteiger partial charge on any atom is 0.336 e. The van der Waals surface area contributed by atoms with Crippen LogP contribution in [0.25, 0.3) is 33.1 Å². The summed E-state index contributed by atoms with van der Waals surface area (Å²) in [6, 6.07) is 19.3. The van der Waals surface area contributed by atoms with Crippen molar-refractivity contribution in [3.05, 3.63) is 71.1 Å². The number of aromatic amines is 1. The lowest BCUT2D eigenvalue weighted by molar-refractivity contribution is 0.561. The molecule has 0 aliphatic carbocycles. The Kier molecular flexibility index (Phi) is 2.27. The maximum absolute atomic E-state index is 11.2. The van der Waals surface area contributed by atoms with Gasteiger partial charge in [-0.15, -0.1) is 0 Å². The predicted molar refractivity (Wildman–Crippen MR) is 79.8 cm³/mol. The fourth-order valence-corrected chi connectivity index (χ4v) is 2.47. The van der Waals surface area contributed by atoms with E-state index in [1.54, 1.807) is 6.07 Å². The molecule has 2 aromatic carbocycles. The van der Waals surface area contributed by atoms with E-state index >= 15 is 0 Å². The SMILES string of the molecule is O=c1ccc2cc(-c3cc4ccccc4[nH]3)ccc2o1. The van der Waals surface area contributed by atoms with Gasteiger partial charge in [0, 0.05) is 28.0 Å². The predicted octanol–water partition coefficient (Wildman–Crippen LogP) is 3.94. The number of aromatic nitrogens is 1. The minimum absolute atomic E-state index is 0.323. The second kappa shape index (κ2) is 4.10. The second-order valence-corrected chi connectivity index (χ2v) is 4.78. The Morgan fingerprint density at radius 2 is 1.75 bits per heavy atom. The third-order valence-electron chi connectivity index (χ3n) is 3.46. The van der Waals surface area contributed by atoms with Gasteiger partial charge in [-0.1, -0.05) is 18.2 Å². The van der Waals surface area contributed by atoms with Gasteiger partial charge >= 0.3 is 5.63 Å². The molecule has 1 N–H and O–H groups in total. The molecular formula is C17H11NO2. The zero-order valence-corrected chi connectivity index (χ0v) is 10.6. The third-order valence-corrected chi connectivity index (χ3v) is 3.46.